The van der Waals surface area contributed by atoms with E-state index in [1.807, 2.05) is 11.8 Å². The lowest BCUT2D eigenvalue weighted by Gasteiger charge is -2.44. The van der Waals surface area contributed by atoms with Crippen LogP contribution < -0.4 is 5.32 Å². The molecule has 2 aliphatic rings. The van der Waals surface area contributed by atoms with Crippen molar-refractivity contribution in [2.45, 2.75) is 45.4 Å². The molecule has 2 amide bonds. The Balaban J connectivity index is 1.64. The summed E-state index contributed by atoms with van der Waals surface area (Å²) in [5.74, 6) is 0.529. The molecule has 1 atom stereocenters. The molecule has 4 nitrogen and oxygen atoms in total. The molecule has 1 saturated heterocycles. The number of benzene rings is 1. The van der Waals surface area contributed by atoms with Gasteiger partial charge in [-0.2, -0.15) is 0 Å². The standard InChI is InChI=1S/C24H30N2O2S/c1-2-25-23(28)24(13-7-14-26(17-24)22(27)18-9-5-10-18)16-19-8-3-4-11-20(19)21-12-6-15-29-21/h3-4,6,8,11-12,15,18H,2,5,7,9-10,13-14,16-17H2,1H3,(H,25,28). The van der Waals surface area contributed by atoms with Crippen LogP contribution in [0.1, 0.15) is 44.6 Å². The zero-order chi connectivity index (χ0) is 20.3. The number of carbonyl (C=O) groups excluding carboxylic acids is 2. The molecule has 1 N–H and O–H groups in total. The summed E-state index contributed by atoms with van der Waals surface area (Å²) in [6, 6.07) is 12.6. The van der Waals surface area contributed by atoms with E-state index in [0.29, 0.717) is 19.5 Å². The first-order valence-corrected chi connectivity index (χ1v) is 11.7. The van der Waals surface area contributed by atoms with Gasteiger partial charge in [-0.1, -0.05) is 36.8 Å². The summed E-state index contributed by atoms with van der Waals surface area (Å²) in [6.07, 6.45) is 5.54. The van der Waals surface area contributed by atoms with Crippen molar-refractivity contribution in [3.63, 3.8) is 0 Å². The summed E-state index contributed by atoms with van der Waals surface area (Å²) in [4.78, 5) is 29.5. The number of hydrogen-bond donors (Lipinski definition) is 1. The molecule has 4 rings (SSSR count). The molecule has 2 fully saturated rings. The zero-order valence-electron chi connectivity index (χ0n) is 17.2. The lowest BCUT2D eigenvalue weighted by atomic mass is 9.72. The molecule has 2 aromatic rings. The van der Waals surface area contributed by atoms with E-state index in [1.54, 1.807) is 11.3 Å². The van der Waals surface area contributed by atoms with Gasteiger partial charge in [0.25, 0.3) is 0 Å². The van der Waals surface area contributed by atoms with E-state index in [-0.39, 0.29) is 17.7 Å². The van der Waals surface area contributed by atoms with E-state index < -0.39 is 5.41 Å². The van der Waals surface area contributed by atoms with Crippen molar-refractivity contribution in [1.29, 1.82) is 0 Å². The van der Waals surface area contributed by atoms with Crippen LogP contribution in [0.15, 0.2) is 41.8 Å². The highest BCUT2D eigenvalue weighted by atomic mass is 32.1. The summed E-state index contributed by atoms with van der Waals surface area (Å²) >= 11 is 1.72. The lowest BCUT2D eigenvalue weighted by Crippen LogP contribution is -2.55. The average molecular weight is 411 g/mol. The first kappa shape index (κ1) is 20.1. The van der Waals surface area contributed by atoms with Crippen molar-refractivity contribution in [1.82, 2.24) is 10.2 Å². The van der Waals surface area contributed by atoms with Crippen molar-refractivity contribution in [2.24, 2.45) is 11.3 Å². The van der Waals surface area contributed by atoms with Gasteiger partial charge in [-0.3, -0.25) is 9.59 Å². The van der Waals surface area contributed by atoms with Crippen LogP contribution in [0.5, 0.6) is 0 Å². The van der Waals surface area contributed by atoms with Crippen LogP contribution in [0.2, 0.25) is 0 Å². The van der Waals surface area contributed by atoms with Crippen LogP contribution in [0.4, 0.5) is 0 Å². The van der Waals surface area contributed by atoms with Gasteiger partial charge in [0.2, 0.25) is 11.8 Å². The third-order valence-corrected chi connectivity index (χ3v) is 7.40. The molecular weight excluding hydrogens is 380 g/mol. The Morgan fingerprint density at radius 3 is 2.69 bits per heavy atom. The number of amides is 2. The molecule has 5 heteroatoms. The van der Waals surface area contributed by atoms with E-state index in [2.05, 4.69) is 47.1 Å². The Hall–Kier alpha value is -2.14. The molecule has 1 unspecified atom stereocenters. The smallest absolute Gasteiger partial charge is 0.228 e. The number of thiophene rings is 1. The third kappa shape index (κ3) is 4.11. The van der Waals surface area contributed by atoms with Gasteiger partial charge in [0.05, 0.1) is 5.41 Å². The molecule has 1 aliphatic carbocycles. The number of piperidine rings is 1. The maximum atomic E-state index is 13.3. The van der Waals surface area contributed by atoms with Gasteiger partial charge in [0.15, 0.2) is 0 Å². The number of nitrogens with one attached hydrogen (secondary N) is 1. The van der Waals surface area contributed by atoms with Gasteiger partial charge < -0.3 is 10.2 Å². The second-order valence-corrected chi connectivity index (χ2v) is 9.39. The highest BCUT2D eigenvalue weighted by molar-refractivity contribution is 7.13. The van der Waals surface area contributed by atoms with E-state index >= 15 is 0 Å². The fraction of sp³-hybridized carbons (Fsp3) is 0.500. The minimum absolute atomic E-state index is 0.0899. The number of rotatable bonds is 6. The van der Waals surface area contributed by atoms with Gasteiger partial charge in [0, 0.05) is 30.4 Å². The number of nitrogens with zero attached hydrogens (tertiary/aromatic N) is 1. The predicted octanol–water partition coefficient (Wildman–Crippen LogP) is 4.50. The summed E-state index contributed by atoms with van der Waals surface area (Å²) in [6.45, 7) is 3.89. The zero-order valence-corrected chi connectivity index (χ0v) is 18.0. The van der Waals surface area contributed by atoms with Gasteiger partial charge >= 0.3 is 0 Å². The molecule has 0 radical (unpaired) electrons. The van der Waals surface area contributed by atoms with Crippen LogP contribution >= 0.6 is 11.3 Å². The predicted molar refractivity (Wildman–Crippen MR) is 118 cm³/mol. The minimum Gasteiger partial charge on any atom is -0.356 e. The van der Waals surface area contributed by atoms with E-state index in [1.165, 1.54) is 16.0 Å². The van der Waals surface area contributed by atoms with Crippen LogP contribution in [0, 0.1) is 11.3 Å². The number of hydrogen-bond acceptors (Lipinski definition) is 3. The molecule has 0 spiro atoms. The second-order valence-electron chi connectivity index (χ2n) is 8.44. The molecular formula is C24H30N2O2S. The van der Waals surface area contributed by atoms with E-state index in [9.17, 15) is 9.59 Å². The topological polar surface area (TPSA) is 49.4 Å². The highest BCUT2D eigenvalue weighted by Crippen LogP contribution is 2.39. The summed E-state index contributed by atoms with van der Waals surface area (Å²) in [7, 11) is 0. The number of likely N-dealkylation sites (tertiary alicyclic amines) is 1. The average Bonchev–Trinajstić information content (AvgIpc) is 3.22. The van der Waals surface area contributed by atoms with Crippen LogP contribution in [0.25, 0.3) is 10.4 Å². The normalized spacial score (nSPS) is 22.2. The van der Waals surface area contributed by atoms with Crippen molar-refractivity contribution in [3.05, 3.63) is 47.3 Å². The maximum Gasteiger partial charge on any atom is 0.228 e. The summed E-state index contributed by atoms with van der Waals surface area (Å²) in [5.41, 5.74) is 1.84. The van der Waals surface area contributed by atoms with Crippen LogP contribution in [-0.2, 0) is 16.0 Å². The van der Waals surface area contributed by atoms with Gasteiger partial charge in [0.1, 0.15) is 0 Å². The molecule has 0 bridgehead atoms. The highest BCUT2D eigenvalue weighted by Gasteiger charge is 2.45. The Kier molecular flexibility index (Phi) is 6.04. The van der Waals surface area contributed by atoms with E-state index in [0.717, 1.165) is 38.6 Å². The Labute approximate surface area is 177 Å². The first-order valence-electron chi connectivity index (χ1n) is 10.8. The largest absolute Gasteiger partial charge is 0.356 e. The molecule has 1 aliphatic heterocycles. The van der Waals surface area contributed by atoms with Gasteiger partial charge in [-0.05, 0) is 61.6 Å². The molecule has 1 saturated carbocycles. The van der Waals surface area contributed by atoms with Crippen LogP contribution in [-0.4, -0.2) is 36.3 Å². The Morgan fingerprint density at radius 2 is 2.00 bits per heavy atom. The molecule has 1 aromatic heterocycles. The van der Waals surface area contributed by atoms with Crippen molar-refractivity contribution in [3.8, 4) is 10.4 Å². The fourth-order valence-electron chi connectivity index (χ4n) is 4.70. The van der Waals surface area contributed by atoms with Crippen molar-refractivity contribution >= 4 is 23.2 Å². The van der Waals surface area contributed by atoms with Crippen molar-refractivity contribution in [2.75, 3.05) is 19.6 Å². The molecule has 29 heavy (non-hydrogen) atoms. The maximum absolute atomic E-state index is 13.3. The monoisotopic (exact) mass is 410 g/mol. The third-order valence-electron chi connectivity index (χ3n) is 6.49. The van der Waals surface area contributed by atoms with Crippen molar-refractivity contribution < 1.29 is 9.59 Å². The quantitative estimate of drug-likeness (QED) is 0.762. The SMILES string of the molecule is CCNC(=O)C1(Cc2ccccc2-c2cccs2)CCCN(C(=O)C2CCC2)C1. The summed E-state index contributed by atoms with van der Waals surface area (Å²) < 4.78 is 0. The fourth-order valence-corrected chi connectivity index (χ4v) is 5.49. The molecule has 1 aromatic carbocycles. The lowest BCUT2D eigenvalue weighted by molar-refractivity contribution is -0.146. The summed E-state index contributed by atoms with van der Waals surface area (Å²) in [5, 5.41) is 5.16. The second kappa shape index (κ2) is 8.70. The molecule has 154 valence electrons. The van der Waals surface area contributed by atoms with Gasteiger partial charge in [-0.25, -0.2) is 0 Å². The van der Waals surface area contributed by atoms with E-state index in [4.69, 9.17) is 0 Å². The van der Waals surface area contributed by atoms with Gasteiger partial charge in [-0.15, -0.1) is 11.3 Å². The molecule has 2 heterocycles. The number of carbonyl (C=O) groups is 2. The Bertz CT molecular complexity index is 860. The first-order chi connectivity index (χ1) is 14.1. The minimum atomic E-state index is -0.555. The Morgan fingerprint density at radius 1 is 1.17 bits per heavy atom. The van der Waals surface area contributed by atoms with Crippen LogP contribution in [0.3, 0.4) is 0 Å².